The van der Waals surface area contributed by atoms with E-state index in [1.807, 2.05) is 0 Å². The van der Waals surface area contributed by atoms with Gasteiger partial charge < -0.3 is 10.6 Å². The first kappa shape index (κ1) is 14.4. The van der Waals surface area contributed by atoms with E-state index in [0.717, 1.165) is 19.6 Å². The first-order chi connectivity index (χ1) is 9.74. The third kappa shape index (κ3) is 3.53. The number of nitriles is 1. The van der Waals surface area contributed by atoms with E-state index in [0.29, 0.717) is 38.3 Å². The van der Waals surface area contributed by atoms with Crippen molar-refractivity contribution in [1.29, 1.82) is 5.26 Å². The van der Waals surface area contributed by atoms with Crippen LogP contribution in [0.2, 0.25) is 0 Å². The zero-order valence-corrected chi connectivity index (χ0v) is 11.4. The molecule has 8 heteroatoms. The van der Waals surface area contributed by atoms with E-state index in [1.165, 1.54) is 0 Å². The average Bonchev–Trinajstić information content (AvgIpc) is 2.94. The van der Waals surface area contributed by atoms with Crippen LogP contribution in [0, 0.1) is 11.3 Å². The fourth-order valence-corrected chi connectivity index (χ4v) is 2.18. The number of aromatic nitrogens is 3. The van der Waals surface area contributed by atoms with Crippen molar-refractivity contribution in [3.8, 4) is 6.07 Å². The molecule has 0 unspecified atom stereocenters. The van der Waals surface area contributed by atoms with Crippen LogP contribution < -0.4 is 5.73 Å². The molecule has 8 nitrogen and oxygen atoms in total. The van der Waals surface area contributed by atoms with Gasteiger partial charge in [0.05, 0.1) is 18.8 Å². The molecule has 1 fully saturated rings. The maximum absolute atomic E-state index is 12.2. The molecule has 1 aromatic heterocycles. The van der Waals surface area contributed by atoms with Crippen LogP contribution in [0.3, 0.4) is 0 Å². The number of hydrogen-bond acceptors (Lipinski definition) is 6. The summed E-state index contributed by atoms with van der Waals surface area (Å²) in [6, 6.07) is 2.14. The lowest BCUT2D eigenvalue weighted by molar-refractivity contribution is 0.0634. The lowest BCUT2D eigenvalue weighted by Gasteiger charge is -2.33. The van der Waals surface area contributed by atoms with Gasteiger partial charge in [-0.15, -0.1) is 5.10 Å². The van der Waals surface area contributed by atoms with Gasteiger partial charge in [-0.1, -0.05) is 5.21 Å². The van der Waals surface area contributed by atoms with Gasteiger partial charge >= 0.3 is 0 Å². The Hall–Kier alpha value is -1.98. The molecule has 1 aliphatic rings. The zero-order valence-electron chi connectivity index (χ0n) is 11.4. The third-order valence-electron chi connectivity index (χ3n) is 3.32. The monoisotopic (exact) mass is 277 g/mol. The highest BCUT2D eigenvalue weighted by molar-refractivity contribution is 5.92. The molecule has 108 valence electrons. The molecule has 0 saturated carbocycles. The minimum Gasteiger partial charge on any atom is -0.335 e. The SMILES string of the molecule is N#CCCN1CCN(C(=O)c2cn(CCN)nn2)CC1. The second-order valence-corrected chi connectivity index (χ2v) is 4.70. The quantitative estimate of drug-likeness (QED) is 0.733. The van der Waals surface area contributed by atoms with E-state index < -0.39 is 0 Å². The molecule has 2 rings (SSSR count). The van der Waals surface area contributed by atoms with Crippen LogP contribution in [0.25, 0.3) is 0 Å². The Bertz CT molecular complexity index is 484. The minimum atomic E-state index is -0.0896. The topological polar surface area (TPSA) is 104 Å². The Kier molecular flexibility index (Phi) is 5.03. The van der Waals surface area contributed by atoms with Crippen LogP contribution >= 0.6 is 0 Å². The molecule has 1 saturated heterocycles. The van der Waals surface area contributed by atoms with Gasteiger partial charge in [-0.2, -0.15) is 5.26 Å². The van der Waals surface area contributed by atoms with Crippen LogP contribution in [0.15, 0.2) is 6.20 Å². The largest absolute Gasteiger partial charge is 0.335 e. The molecule has 20 heavy (non-hydrogen) atoms. The van der Waals surface area contributed by atoms with Crippen molar-refractivity contribution >= 4 is 5.91 Å². The van der Waals surface area contributed by atoms with Gasteiger partial charge in [-0.3, -0.25) is 14.4 Å². The normalized spacial score (nSPS) is 16.1. The number of amides is 1. The number of nitrogens with zero attached hydrogens (tertiary/aromatic N) is 6. The molecule has 0 spiro atoms. The maximum Gasteiger partial charge on any atom is 0.276 e. The molecule has 1 amide bonds. The van der Waals surface area contributed by atoms with Crippen LogP contribution in [0.5, 0.6) is 0 Å². The molecule has 2 heterocycles. The van der Waals surface area contributed by atoms with Gasteiger partial charge in [0, 0.05) is 45.7 Å². The number of carbonyl (C=O) groups excluding carboxylic acids is 1. The summed E-state index contributed by atoms with van der Waals surface area (Å²) < 4.78 is 1.58. The summed E-state index contributed by atoms with van der Waals surface area (Å²) in [7, 11) is 0. The predicted octanol–water partition coefficient (Wildman–Crippen LogP) is -1.09. The maximum atomic E-state index is 12.2. The smallest absolute Gasteiger partial charge is 0.276 e. The first-order valence-corrected chi connectivity index (χ1v) is 6.73. The Morgan fingerprint density at radius 2 is 2.10 bits per heavy atom. The lowest BCUT2D eigenvalue weighted by atomic mass is 10.2. The van der Waals surface area contributed by atoms with Crippen LogP contribution in [0.1, 0.15) is 16.9 Å². The molecular weight excluding hydrogens is 258 g/mol. The predicted molar refractivity (Wildman–Crippen MR) is 71.6 cm³/mol. The van der Waals surface area contributed by atoms with Gasteiger partial charge in [-0.05, 0) is 0 Å². The number of piperazine rings is 1. The number of rotatable bonds is 5. The van der Waals surface area contributed by atoms with Crippen molar-refractivity contribution in [2.75, 3.05) is 39.3 Å². The van der Waals surface area contributed by atoms with Gasteiger partial charge in [0.1, 0.15) is 0 Å². The fourth-order valence-electron chi connectivity index (χ4n) is 2.18. The first-order valence-electron chi connectivity index (χ1n) is 6.73. The highest BCUT2D eigenvalue weighted by Gasteiger charge is 2.23. The second-order valence-electron chi connectivity index (χ2n) is 4.70. The zero-order chi connectivity index (χ0) is 14.4. The Morgan fingerprint density at radius 1 is 1.35 bits per heavy atom. The van der Waals surface area contributed by atoms with Crippen LogP contribution in [-0.2, 0) is 6.54 Å². The van der Waals surface area contributed by atoms with E-state index in [4.69, 9.17) is 11.0 Å². The Labute approximate surface area is 117 Å². The fraction of sp³-hybridized carbons (Fsp3) is 0.667. The summed E-state index contributed by atoms with van der Waals surface area (Å²) in [6.45, 7) is 4.71. The highest BCUT2D eigenvalue weighted by atomic mass is 16.2. The second kappa shape index (κ2) is 6.98. The van der Waals surface area contributed by atoms with E-state index in [2.05, 4.69) is 21.3 Å². The van der Waals surface area contributed by atoms with E-state index in [1.54, 1.807) is 15.8 Å². The third-order valence-corrected chi connectivity index (χ3v) is 3.32. The summed E-state index contributed by atoms with van der Waals surface area (Å²) in [5.41, 5.74) is 5.80. The lowest BCUT2D eigenvalue weighted by Crippen LogP contribution is -2.48. The van der Waals surface area contributed by atoms with E-state index in [9.17, 15) is 4.79 Å². The molecule has 1 aromatic rings. The molecule has 0 bridgehead atoms. The molecule has 2 N–H and O–H groups in total. The molecule has 0 atom stereocenters. The minimum absolute atomic E-state index is 0.0896. The molecular formula is C12H19N7O. The van der Waals surface area contributed by atoms with Crippen molar-refractivity contribution in [3.63, 3.8) is 0 Å². The Balaban J connectivity index is 1.86. The summed E-state index contributed by atoms with van der Waals surface area (Å²) in [5, 5.41) is 16.3. The summed E-state index contributed by atoms with van der Waals surface area (Å²) in [5.74, 6) is -0.0896. The summed E-state index contributed by atoms with van der Waals surface area (Å²) >= 11 is 0. The highest BCUT2D eigenvalue weighted by Crippen LogP contribution is 2.07. The van der Waals surface area contributed by atoms with Gasteiger partial charge in [0.2, 0.25) is 0 Å². The van der Waals surface area contributed by atoms with Crippen molar-refractivity contribution in [2.45, 2.75) is 13.0 Å². The van der Waals surface area contributed by atoms with E-state index >= 15 is 0 Å². The Morgan fingerprint density at radius 3 is 2.75 bits per heavy atom. The van der Waals surface area contributed by atoms with Crippen molar-refractivity contribution in [2.24, 2.45) is 5.73 Å². The molecule has 0 radical (unpaired) electrons. The average molecular weight is 277 g/mol. The van der Waals surface area contributed by atoms with Crippen molar-refractivity contribution in [1.82, 2.24) is 24.8 Å². The van der Waals surface area contributed by atoms with Crippen LogP contribution in [0.4, 0.5) is 0 Å². The number of carbonyl (C=O) groups is 1. The van der Waals surface area contributed by atoms with Gasteiger partial charge in [-0.25, -0.2) is 0 Å². The van der Waals surface area contributed by atoms with Crippen LogP contribution in [-0.4, -0.2) is 70.0 Å². The standard InChI is InChI=1S/C12H19N7O/c13-2-1-4-17-6-8-18(9-7-17)12(20)11-10-19(5-3-14)16-15-11/h10H,1,3-9,14H2. The van der Waals surface area contributed by atoms with E-state index in [-0.39, 0.29) is 5.91 Å². The molecule has 0 aliphatic carbocycles. The molecule has 0 aromatic carbocycles. The molecule has 1 aliphatic heterocycles. The summed E-state index contributed by atoms with van der Waals surface area (Å²) in [4.78, 5) is 16.2. The summed E-state index contributed by atoms with van der Waals surface area (Å²) in [6.07, 6.45) is 2.17. The van der Waals surface area contributed by atoms with Crippen molar-refractivity contribution in [3.05, 3.63) is 11.9 Å². The van der Waals surface area contributed by atoms with Gasteiger partial charge in [0.15, 0.2) is 5.69 Å². The van der Waals surface area contributed by atoms with Gasteiger partial charge in [0.25, 0.3) is 5.91 Å². The number of nitrogens with two attached hydrogens (primary N) is 1. The van der Waals surface area contributed by atoms with Crippen molar-refractivity contribution < 1.29 is 4.79 Å². The number of hydrogen-bond donors (Lipinski definition) is 1.